The van der Waals surface area contributed by atoms with Crippen molar-refractivity contribution < 1.29 is 19.1 Å². The lowest BCUT2D eigenvalue weighted by atomic mass is 9.88. The molecule has 6 heteroatoms. The molecule has 0 aliphatic heterocycles. The first-order chi connectivity index (χ1) is 9.31. The van der Waals surface area contributed by atoms with Gasteiger partial charge in [-0.2, -0.15) is 0 Å². The number of nitrogens with zero attached hydrogens (tertiary/aromatic N) is 1. The van der Waals surface area contributed by atoms with E-state index in [4.69, 9.17) is 9.47 Å². The number of methoxy groups -OCH3 is 1. The maximum Gasteiger partial charge on any atom is 0.315 e. The van der Waals surface area contributed by atoms with Gasteiger partial charge in [-0.15, -0.1) is 11.3 Å². The van der Waals surface area contributed by atoms with Gasteiger partial charge in [0.25, 0.3) is 0 Å². The van der Waals surface area contributed by atoms with E-state index in [0.29, 0.717) is 18.0 Å². The van der Waals surface area contributed by atoms with E-state index in [0.717, 1.165) is 5.69 Å². The Labute approximate surface area is 123 Å². The molecular weight excluding hydrogens is 278 g/mol. The van der Waals surface area contributed by atoms with E-state index >= 15 is 0 Å². The number of hydrogen-bond donors (Lipinski definition) is 0. The zero-order valence-electron chi connectivity index (χ0n) is 12.6. The summed E-state index contributed by atoms with van der Waals surface area (Å²) in [7, 11) is 1.37. The molecule has 0 saturated heterocycles. The summed E-state index contributed by atoms with van der Waals surface area (Å²) in [6.07, 6.45) is 0.478. The fourth-order valence-electron chi connectivity index (χ4n) is 1.77. The molecule has 0 amide bonds. The number of aromatic nitrogens is 1. The Morgan fingerprint density at radius 1 is 1.45 bits per heavy atom. The topological polar surface area (TPSA) is 65.5 Å². The molecule has 0 fully saturated rings. The summed E-state index contributed by atoms with van der Waals surface area (Å²) < 4.78 is 9.75. The molecule has 1 aromatic heterocycles. The van der Waals surface area contributed by atoms with E-state index < -0.39 is 5.41 Å². The van der Waals surface area contributed by atoms with Gasteiger partial charge < -0.3 is 9.47 Å². The third-order valence-electron chi connectivity index (χ3n) is 2.94. The summed E-state index contributed by atoms with van der Waals surface area (Å²) >= 11 is 1.41. The normalized spacial score (nSPS) is 12.8. The van der Waals surface area contributed by atoms with Crippen LogP contribution in [-0.2, 0) is 25.5 Å². The maximum absolute atomic E-state index is 11.7. The van der Waals surface area contributed by atoms with E-state index in [1.54, 1.807) is 13.8 Å². The van der Waals surface area contributed by atoms with Crippen LogP contribution >= 0.6 is 11.3 Å². The largest absolute Gasteiger partial charge is 0.469 e. The van der Waals surface area contributed by atoms with E-state index in [1.165, 1.54) is 18.4 Å². The van der Waals surface area contributed by atoms with Gasteiger partial charge in [0.1, 0.15) is 10.9 Å². The third kappa shape index (κ3) is 4.03. The molecule has 5 nitrogen and oxygen atoms in total. The number of carbonyl (C=O) groups excluding carboxylic acids is 2. The second-order valence-corrected chi connectivity index (χ2v) is 6.09. The van der Waals surface area contributed by atoms with Crippen molar-refractivity contribution in [3.05, 3.63) is 16.1 Å². The van der Waals surface area contributed by atoms with Crippen LogP contribution in [-0.4, -0.2) is 30.6 Å². The summed E-state index contributed by atoms with van der Waals surface area (Å²) in [4.78, 5) is 27.7. The van der Waals surface area contributed by atoms with Gasteiger partial charge in [0, 0.05) is 11.8 Å². The van der Waals surface area contributed by atoms with Crippen LogP contribution < -0.4 is 0 Å². The fourth-order valence-corrected chi connectivity index (χ4v) is 2.64. The van der Waals surface area contributed by atoms with Gasteiger partial charge >= 0.3 is 11.9 Å². The van der Waals surface area contributed by atoms with Gasteiger partial charge in [0.15, 0.2) is 0 Å². The van der Waals surface area contributed by atoms with Gasteiger partial charge in [-0.3, -0.25) is 9.59 Å². The molecule has 0 aliphatic rings. The molecule has 0 radical (unpaired) electrons. The molecule has 0 saturated carbocycles. The molecule has 0 spiro atoms. The van der Waals surface area contributed by atoms with Gasteiger partial charge in [-0.1, -0.05) is 0 Å². The molecule has 1 atom stereocenters. The first-order valence-electron chi connectivity index (χ1n) is 6.51. The minimum Gasteiger partial charge on any atom is -0.469 e. The predicted molar refractivity (Wildman–Crippen MR) is 76.7 cm³/mol. The van der Waals surface area contributed by atoms with Crippen molar-refractivity contribution in [1.82, 2.24) is 4.98 Å². The summed E-state index contributed by atoms with van der Waals surface area (Å²) in [5.74, 6) is -0.930. The Kier molecular flexibility index (Phi) is 5.68. The molecule has 1 unspecified atom stereocenters. The molecule has 0 aromatic carbocycles. The highest BCUT2D eigenvalue weighted by Gasteiger charge is 2.30. The van der Waals surface area contributed by atoms with Crippen LogP contribution in [0, 0.1) is 5.41 Å². The average molecular weight is 299 g/mol. The molecule has 1 rings (SSSR count). The van der Waals surface area contributed by atoms with Gasteiger partial charge in [0.05, 0.1) is 24.8 Å². The Hall–Kier alpha value is -1.43. The zero-order chi connectivity index (χ0) is 15.3. The lowest BCUT2D eigenvalue weighted by Crippen LogP contribution is -2.28. The van der Waals surface area contributed by atoms with E-state index in [-0.39, 0.29) is 17.9 Å². The number of esters is 2. The highest BCUT2D eigenvalue weighted by Crippen LogP contribution is 2.27. The fraction of sp³-hybridized carbons (Fsp3) is 0.643. The third-order valence-corrected chi connectivity index (χ3v) is 4.02. The Morgan fingerprint density at radius 3 is 2.65 bits per heavy atom. The maximum atomic E-state index is 11.7. The molecule has 20 heavy (non-hydrogen) atoms. The summed E-state index contributed by atoms with van der Waals surface area (Å²) in [6, 6.07) is 0. The van der Waals surface area contributed by atoms with Crippen molar-refractivity contribution in [2.24, 2.45) is 5.41 Å². The Bertz CT molecular complexity index is 481. The minimum atomic E-state index is -0.632. The van der Waals surface area contributed by atoms with E-state index in [9.17, 15) is 9.59 Å². The van der Waals surface area contributed by atoms with Crippen LogP contribution in [0.4, 0.5) is 0 Å². The Balaban J connectivity index is 2.77. The highest BCUT2D eigenvalue weighted by atomic mass is 32.1. The van der Waals surface area contributed by atoms with Gasteiger partial charge in [-0.25, -0.2) is 4.98 Å². The highest BCUT2D eigenvalue weighted by molar-refractivity contribution is 7.09. The van der Waals surface area contributed by atoms with Crippen LogP contribution in [0.2, 0.25) is 0 Å². The van der Waals surface area contributed by atoms with E-state index in [1.807, 2.05) is 19.2 Å². The molecule has 1 heterocycles. The van der Waals surface area contributed by atoms with Crippen LogP contribution in [0.15, 0.2) is 5.38 Å². The molecule has 1 aromatic rings. The summed E-state index contributed by atoms with van der Waals surface area (Å²) in [5, 5.41) is 2.58. The Morgan fingerprint density at radius 2 is 2.10 bits per heavy atom. The van der Waals surface area contributed by atoms with Gasteiger partial charge in [-0.05, 0) is 27.7 Å². The minimum absolute atomic E-state index is 0.273. The SMILES string of the molecule is CCOC(=O)C(C)c1nc(CC(C)(C)C(=O)OC)cs1. The van der Waals surface area contributed by atoms with Gasteiger partial charge in [0.2, 0.25) is 0 Å². The molecule has 0 N–H and O–H groups in total. The second kappa shape index (κ2) is 6.83. The number of thiazole rings is 1. The summed E-state index contributed by atoms with van der Waals surface area (Å²) in [6.45, 7) is 7.53. The van der Waals surface area contributed by atoms with Crippen molar-refractivity contribution >= 4 is 23.3 Å². The summed E-state index contributed by atoms with van der Waals surface area (Å²) in [5.41, 5.74) is 0.157. The van der Waals surface area contributed by atoms with Crippen molar-refractivity contribution in [2.75, 3.05) is 13.7 Å². The smallest absolute Gasteiger partial charge is 0.315 e. The lowest BCUT2D eigenvalue weighted by molar-refractivity contribution is -0.150. The van der Waals surface area contributed by atoms with Crippen LogP contribution in [0.5, 0.6) is 0 Å². The van der Waals surface area contributed by atoms with Crippen LogP contribution in [0.1, 0.15) is 44.3 Å². The second-order valence-electron chi connectivity index (χ2n) is 5.20. The molecular formula is C14H21NO4S. The van der Waals surface area contributed by atoms with E-state index in [2.05, 4.69) is 4.98 Å². The van der Waals surface area contributed by atoms with Crippen molar-refractivity contribution in [3.63, 3.8) is 0 Å². The first-order valence-corrected chi connectivity index (χ1v) is 7.39. The van der Waals surface area contributed by atoms with Crippen LogP contribution in [0.25, 0.3) is 0 Å². The monoisotopic (exact) mass is 299 g/mol. The molecule has 0 bridgehead atoms. The average Bonchev–Trinajstić information content (AvgIpc) is 2.84. The molecule has 112 valence electrons. The standard InChI is InChI=1S/C14H21NO4S/c1-6-19-12(16)9(2)11-15-10(8-20-11)7-14(3,4)13(17)18-5/h8-9H,6-7H2,1-5H3. The molecule has 0 aliphatic carbocycles. The number of ether oxygens (including phenoxy) is 2. The first kappa shape index (κ1) is 16.6. The van der Waals surface area contributed by atoms with Crippen molar-refractivity contribution in [3.8, 4) is 0 Å². The predicted octanol–water partition coefficient (Wildman–Crippen LogP) is 2.55. The number of hydrogen-bond acceptors (Lipinski definition) is 6. The van der Waals surface area contributed by atoms with Crippen LogP contribution in [0.3, 0.4) is 0 Å². The number of carbonyl (C=O) groups is 2. The van der Waals surface area contributed by atoms with Crippen molar-refractivity contribution in [2.45, 2.75) is 40.0 Å². The zero-order valence-corrected chi connectivity index (χ0v) is 13.4. The quantitative estimate of drug-likeness (QED) is 0.755. The number of rotatable bonds is 6. The lowest BCUT2D eigenvalue weighted by Gasteiger charge is -2.19. The van der Waals surface area contributed by atoms with Crippen molar-refractivity contribution in [1.29, 1.82) is 0 Å².